The number of rotatable bonds is 6. The molecule has 0 bridgehead atoms. The van der Waals surface area contributed by atoms with Gasteiger partial charge in [-0.3, -0.25) is 9.89 Å². The maximum atomic E-state index is 11.9. The highest BCUT2D eigenvalue weighted by molar-refractivity contribution is 5.75. The molecule has 0 spiro atoms. The number of nitrogens with zero attached hydrogens (tertiary/aromatic N) is 3. The van der Waals surface area contributed by atoms with Crippen molar-refractivity contribution in [1.82, 2.24) is 25.4 Å². The second-order valence-corrected chi connectivity index (χ2v) is 5.07. The number of amides is 2. The Hall–Kier alpha value is -2.12. The van der Waals surface area contributed by atoms with E-state index in [9.17, 15) is 9.59 Å². The monoisotopic (exact) mass is 283 g/mol. The summed E-state index contributed by atoms with van der Waals surface area (Å²) in [6.07, 6.45) is 0. The molecule has 0 saturated heterocycles. The zero-order valence-corrected chi connectivity index (χ0v) is 12.2. The van der Waals surface area contributed by atoms with Crippen molar-refractivity contribution >= 4 is 12.0 Å². The molecule has 1 unspecified atom stereocenters. The lowest BCUT2D eigenvalue weighted by Crippen LogP contribution is -2.42. The summed E-state index contributed by atoms with van der Waals surface area (Å²) < 4.78 is 0. The van der Waals surface area contributed by atoms with Gasteiger partial charge in [0.05, 0.1) is 12.5 Å². The van der Waals surface area contributed by atoms with Crippen molar-refractivity contribution in [2.45, 2.75) is 27.3 Å². The van der Waals surface area contributed by atoms with Gasteiger partial charge in [-0.2, -0.15) is 5.10 Å². The molecule has 0 aliphatic heterocycles. The quantitative estimate of drug-likeness (QED) is 0.708. The van der Waals surface area contributed by atoms with Crippen LogP contribution in [0.25, 0.3) is 0 Å². The van der Waals surface area contributed by atoms with Crippen molar-refractivity contribution < 1.29 is 14.7 Å². The van der Waals surface area contributed by atoms with Crippen LogP contribution in [0.1, 0.15) is 25.5 Å². The van der Waals surface area contributed by atoms with Crippen LogP contribution in [-0.2, 0) is 11.3 Å². The average molecular weight is 283 g/mol. The average Bonchev–Trinajstić information content (AvgIpc) is 2.73. The van der Waals surface area contributed by atoms with Crippen LogP contribution in [-0.4, -0.2) is 50.8 Å². The summed E-state index contributed by atoms with van der Waals surface area (Å²) in [7, 11) is 1.60. The van der Waals surface area contributed by atoms with E-state index >= 15 is 0 Å². The van der Waals surface area contributed by atoms with Gasteiger partial charge in [0.25, 0.3) is 0 Å². The lowest BCUT2D eigenvalue weighted by Gasteiger charge is -2.20. The standard InChI is InChI=1S/C12H21N5O3/c1-7(2)9(11(18)19)5-13-12(20)17(4)6-10-14-8(3)15-16-10/h7,9H,5-6H2,1-4H3,(H,13,20)(H,18,19)(H,14,15,16). The number of urea groups is 1. The zero-order valence-electron chi connectivity index (χ0n) is 12.2. The van der Waals surface area contributed by atoms with Gasteiger partial charge in [-0.05, 0) is 12.8 Å². The minimum Gasteiger partial charge on any atom is -0.481 e. The van der Waals surface area contributed by atoms with Crippen LogP contribution in [0.3, 0.4) is 0 Å². The molecule has 20 heavy (non-hydrogen) atoms. The molecule has 0 fully saturated rings. The first-order chi connectivity index (χ1) is 9.31. The van der Waals surface area contributed by atoms with Gasteiger partial charge in [0.15, 0.2) is 5.82 Å². The topological polar surface area (TPSA) is 111 Å². The predicted octanol–water partition coefficient (Wildman–Crippen LogP) is 0.611. The van der Waals surface area contributed by atoms with Crippen molar-refractivity contribution in [3.8, 4) is 0 Å². The summed E-state index contributed by atoms with van der Waals surface area (Å²) in [5.74, 6) is -0.363. The summed E-state index contributed by atoms with van der Waals surface area (Å²) in [5.41, 5.74) is 0. The van der Waals surface area contributed by atoms with Crippen LogP contribution in [0, 0.1) is 18.8 Å². The molecule has 3 N–H and O–H groups in total. The molecular formula is C12H21N5O3. The number of H-pyrrole nitrogens is 1. The van der Waals surface area contributed by atoms with Gasteiger partial charge in [0.1, 0.15) is 5.82 Å². The number of carboxylic acid groups (broad SMARTS) is 1. The van der Waals surface area contributed by atoms with Crippen molar-refractivity contribution in [1.29, 1.82) is 0 Å². The number of carboxylic acids is 1. The lowest BCUT2D eigenvalue weighted by molar-refractivity contribution is -0.142. The number of hydrogen-bond donors (Lipinski definition) is 3. The third-order valence-corrected chi connectivity index (χ3v) is 2.96. The predicted molar refractivity (Wildman–Crippen MR) is 71.9 cm³/mol. The minimum absolute atomic E-state index is 0.0474. The van der Waals surface area contributed by atoms with E-state index in [-0.39, 0.29) is 25.0 Å². The van der Waals surface area contributed by atoms with E-state index in [4.69, 9.17) is 5.11 Å². The Bertz CT molecular complexity index is 471. The normalized spacial score (nSPS) is 12.2. The second-order valence-electron chi connectivity index (χ2n) is 5.07. The van der Waals surface area contributed by atoms with E-state index in [1.807, 2.05) is 13.8 Å². The molecule has 1 rings (SSSR count). The number of aryl methyl sites for hydroxylation is 1. The molecule has 0 aliphatic carbocycles. The van der Waals surface area contributed by atoms with Gasteiger partial charge in [0, 0.05) is 13.6 Å². The molecule has 8 heteroatoms. The Balaban J connectivity index is 2.47. The molecule has 8 nitrogen and oxygen atoms in total. The van der Waals surface area contributed by atoms with Crippen molar-refractivity contribution in [3.63, 3.8) is 0 Å². The highest BCUT2D eigenvalue weighted by atomic mass is 16.4. The van der Waals surface area contributed by atoms with Gasteiger partial charge >= 0.3 is 12.0 Å². The Kier molecular flexibility index (Phi) is 5.48. The third-order valence-electron chi connectivity index (χ3n) is 2.96. The fourth-order valence-corrected chi connectivity index (χ4v) is 1.68. The number of aromatic amines is 1. The number of aliphatic carboxylic acids is 1. The van der Waals surface area contributed by atoms with Gasteiger partial charge in [-0.1, -0.05) is 13.8 Å². The van der Waals surface area contributed by atoms with Crippen molar-refractivity contribution in [3.05, 3.63) is 11.6 Å². The van der Waals surface area contributed by atoms with Crippen LogP contribution in [0.5, 0.6) is 0 Å². The van der Waals surface area contributed by atoms with Gasteiger partial charge in [0.2, 0.25) is 0 Å². The second kappa shape index (κ2) is 6.88. The molecule has 112 valence electrons. The highest BCUT2D eigenvalue weighted by Crippen LogP contribution is 2.09. The van der Waals surface area contributed by atoms with Crippen LogP contribution in [0.4, 0.5) is 4.79 Å². The van der Waals surface area contributed by atoms with Gasteiger partial charge < -0.3 is 15.3 Å². The van der Waals surface area contributed by atoms with Gasteiger partial charge in [-0.15, -0.1) is 0 Å². The molecule has 0 aromatic carbocycles. The Labute approximate surface area is 117 Å². The molecule has 0 saturated carbocycles. The smallest absolute Gasteiger partial charge is 0.317 e. The number of carbonyl (C=O) groups is 2. The molecule has 1 aromatic heterocycles. The molecule has 0 radical (unpaired) electrons. The van der Waals surface area contributed by atoms with Crippen LogP contribution >= 0.6 is 0 Å². The first-order valence-electron chi connectivity index (χ1n) is 6.41. The van der Waals surface area contributed by atoms with E-state index < -0.39 is 11.9 Å². The summed E-state index contributed by atoms with van der Waals surface area (Å²) >= 11 is 0. The lowest BCUT2D eigenvalue weighted by atomic mass is 9.96. The largest absolute Gasteiger partial charge is 0.481 e. The summed E-state index contributed by atoms with van der Waals surface area (Å²) in [5, 5.41) is 18.3. The van der Waals surface area contributed by atoms with E-state index in [1.54, 1.807) is 14.0 Å². The number of hydrogen-bond acceptors (Lipinski definition) is 4. The van der Waals surface area contributed by atoms with Gasteiger partial charge in [-0.25, -0.2) is 9.78 Å². The van der Waals surface area contributed by atoms with Crippen molar-refractivity contribution in [2.24, 2.45) is 11.8 Å². The Morgan fingerprint density at radius 3 is 2.55 bits per heavy atom. The molecule has 1 heterocycles. The number of nitrogens with one attached hydrogen (secondary N) is 2. The fraction of sp³-hybridized carbons (Fsp3) is 0.667. The Morgan fingerprint density at radius 1 is 1.45 bits per heavy atom. The molecule has 0 aliphatic rings. The van der Waals surface area contributed by atoms with E-state index in [2.05, 4.69) is 20.5 Å². The zero-order chi connectivity index (χ0) is 15.3. The maximum Gasteiger partial charge on any atom is 0.317 e. The first kappa shape index (κ1) is 15.9. The molecule has 2 amide bonds. The van der Waals surface area contributed by atoms with Crippen molar-refractivity contribution in [2.75, 3.05) is 13.6 Å². The van der Waals surface area contributed by atoms with E-state index in [0.29, 0.717) is 11.6 Å². The molecule has 1 aromatic rings. The maximum absolute atomic E-state index is 11.9. The molecule has 1 atom stereocenters. The van der Waals surface area contributed by atoms with Crippen LogP contribution in [0.15, 0.2) is 0 Å². The fourth-order valence-electron chi connectivity index (χ4n) is 1.68. The SMILES string of the molecule is Cc1nc(CN(C)C(=O)NCC(C(=O)O)C(C)C)n[nH]1. The highest BCUT2D eigenvalue weighted by Gasteiger charge is 2.22. The van der Waals surface area contributed by atoms with Crippen LogP contribution < -0.4 is 5.32 Å². The third kappa shape index (κ3) is 4.52. The summed E-state index contributed by atoms with van der Waals surface area (Å²) in [6, 6.07) is -0.348. The summed E-state index contributed by atoms with van der Waals surface area (Å²) in [4.78, 5) is 28.4. The van der Waals surface area contributed by atoms with Crippen LogP contribution in [0.2, 0.25) is 0 Å². The van der Waals surface area contributed by atoms with E-state index in [1.165, 1.54) is 4.90 Å². The van der Waals surface area contributed by atoms with E-state index in [0.717, 1.165) is 0 Å². The number of carbonyl (C=O) groups excluding carboxylic acids is 1. The number of aromatic nitrogens is 3. The Morgan fingerprint density at radius 2 is 2.10 bits per heavy atom. The minimum atomic E-state index is -0.910. The molecular weight excluding hydrogens is 262 g/mol. The summed E-state index contributed by atoms with van der Waals surface area (Å²) in [6.45, 7) is 5.76. The first-order valence-corrected chi connectivity index (χ1v) is 6.41.